The molecule has 2 bridgehead atoms. The molecule has 0 saturated carbocycles. The summed E-state index contributed by atoms with van der Waals surface area (Å²) >= 11 is 0. The van der Waals surface area contributed by atoms with Gasteiger partial charge in [-0.1, -0.05) is 6.07 Å². The van der Waals surface area contributed by atoms with Crippen LogP contribution in [0.25, 0.3) is 16.6 Å². The molecule has 40 heavy (non-hydrogen) atoms. The number of ether oxygens (including phenoxy) is 2. The molecule has 4 aromatic rings. The molecule has 10 heteroatoms. The second kappa shape index (κ2) is 10.4. The molecular formula is C30H33N7O3. The first-order valence-corrected chi connectivity index (χ1v) is 13.5. The van der Waals surface area contributed by atoms with Gasteiger partial charge in [0, 0.05) is 61.3 Å². The summed E-state index contributed by atoms with van der Waals surface area (Å²) < 4.78 is 12.7. The Labute approximate surface area is 233 Å². The molecule has 2 unspecified atom stereocenters. The second-order valence-corrected chi connectivity index (χ2v) is 11.2. The third kappa shape index (κ3) is 5.18. The van der Waals surface area contributed by atoms with Crippen LogP contribution in [0.15, 0.2) is 55.1 Å². The fourth-order valence-corrected chi connectivity index (χ4v) is 5.74. The van der Waals surface area contributed by atoms with Gasteiger partial charge in [0.15, 0.2) is 0 Å². The van der Waals surface area contributed by atoms with Gasteiger partial charge in [0.25, 0.3) is 0 Å². The number of rotatable bonds is 8. The van der Waals surface area contributed by atoms with Crippen molar-refractivity contribution in [1.29, 1.82) is 5.26 Å². The van der Waals surface area contributed by atoms with Crippen LogP contribution in [0.5, 0.6) is 11.6 Å². The van der Waals surface area contributed by atoms with Crippen LogP contribution in [0.1, 0.15) is 37.8 Å². The van der Waals surface area contributed by atoms with Crippen molar-refractivity contribution in [1.82, 2.24) is 24.5 Å². The maximum atomic E-state index is 10.1. The molecule has 6 rings (SSSR count). The Morgan fingerprint density at radius 1 is 1.07 bits per heavy atom. The summed E-state index contributed by atoms with van der Waals surface area (Å²) in [5.74, 6) is 2.14. The number of aliphatic hydroxyl groups is 1. The van der Waals surface area contributed by atoms with Crippen LogP contribution in [0.3, 0.4) is 0 Å². The monoisotopic (exact) mass is 539 g/mol. The normalized spacial score (nSPS) is 19.1. The van der Waals surface area contributed by atoms with Gasteiger partial charge < -0.3 is 19.5 Å². The molecule has 2 saturated heterocycles. The molecule has 0 spiro atoms. The molecule has 6 heterocycles. The smallest absolute Gasteiger partial charge is 0.212 e. The molecule has 2 aliphatic rings. The quantitative estimate of drug-likeness (QED) is 0.358. The predicted molar refractivity (Wildman–Crippen MR) is 150 cm³/mol. The van der Waals surface area contributed by atoms with Crippen molar-refractivity contribution in [3.8, 4) is 28.8 Å². The van der Waals surface area contributed by atoms with E-state index in [1.54, 1.807) is 37.9 Å². The lowest BCUT2D eigenvalue weighted by Crippen LogP contribution is -2.53. The van der Waals surface area contributed by atoms with Gasteiger partial charge in [-0.3, -0.25) is 4.90 Å². The first-order chi connectivity index (χ1) is 19.3. The van der Waals surface area contributed by atoms with Crippen LogP contribution in [-0.2, 0) is 6.54 Å². The number of nitrogens with zero attached hydrogens (tertiary/aromatic N) is 7. The van der Waals surface area contributed by atoms with Crippen molar-refractivity contribution < 1.29 is 14.6 Å². The number of aromatic nitrogens is 4. The lowest BCUT2D eigenvalue weighted by molar-refractivity contribution is 0.0283. The molecule has 0 aliphatic carbocycles. The number of hydrogen-bond acceptors (Lipinski definition) is 9. The van der Waals surface area contributed by atoms with E-state index in [2.05, 4.69) is 38.1 Å². The van der Waals surface area contributed by atoms with Gasteiger partial charge >= 0.3 is 0 Å². The highest BCUT2D eigenvalue weighted by molar-refractivity contribution is 5.85. The second-order valence-electron chi connectivity index (χ2n) is 11.2. The molecular weight excluding hydrogens is 506 g/mol. The third-order valence-corrected chi connectivity index (χ3v) is 7.69. The molecule has 2 fully saturated rings. The number of methoxy groups -OCH3 is 1. The summed E-state index contributed by atoms with van der Waals surface area (Å²) in [4.78, 5) is 14.2. The highest BCUT2D eigenvalue weighted by Gasteiger charge is 2.40. The number of hydrogen-bond donors (Lipinski definition) is 1. The van der Waals surface area contributed by atoms with Crippen molar-refractivity contribution in [2.24, 2.45) is 0 Å². The minimum Gasteiger partial charge on any atom is -0.489 e. The molecule has 0 radical (unpaired) electrons. The molecule has 206 valence electrons. The zero-order valence-corrected chi connectivity index (χ0v) is 23.0. The van der Waals surface area contributed by atoms with Gasteiger partial charge in [0.05, 0.1) is 36.2 Å². The Bertz CT molecular complexity index is 1520. The van der Waals surface area contributed by atoms with Gasteiger partial charge in [-0.15, -0.1) is 0 Å². The van der Waals surface area contributed by atoms with E-state index in [9.17, 15) is 10.4 Å². The molecule has 0 amide bonds. The summed E-state index contributed by atoms with van der Waals surface area (Å²) in [5.41, 5.74) is 3.08. The Kier molecular flexibility index (Phi) is 6.78. The topological polar surface area (TPSA) is 112 Å². The average Bonchev–Trinajstić information content (AvgIpc) is 3.47. The molecule has 1 N–H and O–H groups in total. The van der Waals surface area contributed by atoms with Crippen LogP contribution in [0.2, 0.25) is 0 Å². The van der Waals surface area contributed by atoms with E-state index < -0.39 is 5.60 Å². The minimum absolute atomic E-state index is 0.130. The fraction of sp³-hybridized carbons (Fsp3) is 0.400. The minimum atomic E-state index is -0.977. The average molecular weight is 540 g/mol. The maximum absolute atomic E-state index is 10.1. The van der Waals surface area contributed by atoms with E-state index >= 15 is 0 Å². The van der Waals surface area contributed by atoms with Crippen molar-refractivity contribution in [2.75, 3.05) is 31.7 Å². The summed E-state index contributed by atoms with van der Waals surface area (Å²) in [6.45, 7) is 6.26. The molecule has 2 aliphatic heterocycles. The number of anilines is 1. The summed E-state index contributed by atoms with van der Waals surface area (Å²) in [6, 6.07) is 13.2. The highest BCUT2D eigenvalue weighted by atomic mass is 16.5. The Morgan fingerprint density at radius 2 is 1.88 bits per heavy atom. The number of pyridine rings is 3. The summed E-state index contributed by atoms with van der Waals surface area (Å²) in [7, 11) is 1.63. The standard InChI is InChI=1S/C30H33N7O3/c1-30(2,38)19-40-25-10-26(29-22(11-31)14-34-37(29)18-25)21-5-8-27(32-13-21)35-16-23-6-7-24(17-35)36(23)15-20-4-9-28(39-3)33-12-20/h4-5,8-10,12-14,18,23-24,38H,6-7,15-17,19H2,1-3H3. The van der Waals surface area contributed by atoms with Crippen LogP contribution < -0.4 is 14.4 Å². The Hall–Kier alpha value is -4.20. The molecule has 2 atom stereocenters. The number of fused-ring (bicyclic) bond motifs is 3. The lowest BCUT2D eigenvalue weighted by Gasteiger charge is -2.41. The molecule has 0 aromatic carbocycles. The van der Waals surface area contributed by atoms with Gasteiger partial charge in [0.2, 0.25) is 5.88 Å². The van der Waals surface area contributed by atoms with Crippen LogP contribution in [-0.4, -0.2) is 74.1 Å². The zero-order valence-electron chi connectivity index (χ0n) is 23.0. The van der Waals surface area contributed by atoms with Crippen molar-refractivity contribution >= 4 is 11.3 Å². The van der Waals surface area contributed by atoms with E-state index in [4.69, 9.17) is 14.5 Å². The van der Waals surface area contributed by atoms with Crippen LogP contribution in [0, 0.1) is 11.3 Å². The summed E-state index contributed by atoms with van der Waals surface area (Å²) in [5, 5.41) is 24.1. The molecule has 4 aromatic heterocycles. The van der Waals surface area contributed by atoms with Crippen LogP contribution >= 0.6 is 0 Å². The van der Waals surface area contributed by atoms with Crippen molar-refractivity contribution in [2.45, 2.75) is 50.9 Å². The van der Waals surface area contributed by atoms with Gasteiger partial charge in [-0.25, -0.2) is 14.5 Å². The van der Waals surface area contributed by atoms with E-state index in [0.29, 0.717) is 34.8 Å². The van der Waals surface area contributed by atoms with E-state index in [1.165, 1.54) is 18.4 Å². The van der Waals surface area contributed by atoms with E-state index in [0.717, 1.165) is 36.6 Å². The van der Waals surface area contributed by atoms with Crippen molar-refractivity contribution in [3.63, 3.8) is 0 Å². The SMILES string of the molecule is COc1ccc(CN2C3CCC2CN(c2ccc(-c4cc(OCC(C)(C)O)cn5ncc(C#N)c45)cn2)C3)cn1. The van der Waals surface area contributed by atoms with E-state index in [-0.39, 0.29) is 6.61 Å². The lowest BCUT2D eigenvalue weighted by atomic mass is 10.0. The fourth-order valence-electron chi connectivity index (χ4n) is 5.74. The van der Waals surface area contributed by atoms with Gasteiger partial charge in [-0.2, -0.15) is 10.4 Å². The third-order valence-electron chi connectivity index (χ3n) is 7.69. The van der Waals surface area contributed by atoms with E-state index in [1.807, 2.05) is 30.6 Å². The Balaban J connectivity index is 1.21. The van der Waals surface area contributed by atoms with Crippen LogP contribution in [0.4, 0.5) is 5.82 Å². The number of nitriles is 1. The Morgan fingerprint density at radius 3 is 2.50 bits per heavy atom. The van der Waals surface area contributed by atoms with Crippen molar-refractivity contribution in [3.05, 3.63) is 66.2 Å². The molecule has 10 nitrogen and oxygen atoms in total. The maximum Gasteiger partial charge on any atom is 0.212 e. The number of piperazine rings is 1. The first kappa shape index (κ1) is 26.0. The summed E-state index contributed by atoms with van der Waals surface area (Å²) in [6.07, 6.45) is 9.40. The predicted octanol–water partition coefficient (Wildman–Crippen LogP) is 3.67. The first-order valence-electron chi connectivity index (χ1n) is 13.5. The van der Waals surface area contributed by atoms with Gasteiger partial charge in [0.1, 0.15) is 24.2 Å². The van der Waals surface area contributed by atoms with Gasteiger partial charge in [-0.05, 0) is 50.5 Å². The zero-order chi connectivity index (χ0) is 27.9. The largest absolute Gasteiger partial charge is 0.489 e. The highest BCUT2D eigenvalue weighted by Crippen LogP contribution is 2.35.